The minimum absolute atomic E-state index is 0.0618. The Labute approximate surface area is 83.1 Å². The first kappa shape index (κ1) is 9.04. The Morgan fingerprint density at radius 2 is 2.36 bits per heavy atom. The van der Waals surface area contributed by atoms with Crippen molar-refractivity contribution in [2.45, 2.75) is 19.4 Å². The Hall–Kier alpha value is -1.53. The molecule has 2 N–H and O–H groups in total. The standard InChI is InChI=1S/C11H12N2O/c1-7-2-3-10-11(8(7)6-12)9(13)4-5-14-10/h2-3,9H,4-5,13H2,1H3/t9-/m1/s1. The Kier molecular flexibility index (Phi) is 2.14. The van der Waals surface area contributed by atoms with E-state index in [2.05, 4.69) is 6.07 Å². The van der Waals surface area contributed by atoms with Gasteiger partial charge < -0.3 is 10.5 Å². The molecule has 1 atom stereocenters. The van der Waals surface area contributed by atoms with E-state index in [1.165, 1.54) is 0 Å². The van der Waals surface area contributed by atoms with E-state index in [1.807, 2.05) is 19.1 Å². The summed E-state index contributed by atoms with van der Waals surface area (Å²) in [5, 5.41) is 9.03. The number of hydrogen-bond donors (Lipinski definition) is 1. The van der Waals surface area contributed by atoms with Gasteiger partial charge in [-0.2, -0.15) is 5.26 Å². The van der Waals surface area contributed by atoms with Crippen molar-refractivity contribution >= 4 is 0 Å². The SMILES string of the molecule is Cc1ccc2c(c1C#N)[C@H](N)CCO2. The Morgan fingerprint density at radius 3 is 3.07 bits per heavy atom. The van der Waals surface area contributed by atoms with Gasteiger partial charge in [0.25, 0.3) is 0 Å². The van der Waals surface area contributed by atoms with Crippen LogP contribution in [0.15, 0.2) is 12.1 Å². The van der Waals surface area contributed by atoms with Crippen molar-refractivity contribution in [1.82, 2.24) is 0 Å². The summed E-state index contributed by atoms with van der Waals surface area (Å²) in [6, 6.07) is 5.92. The molecule has 2 rings (SSSR count). The molecule has 0 aromatic heterocycles. The predicted molar refractivity (Wildman–Crippen MR) is 52.9 cm³/mol. The van der Waals surface area contributed by atoms with Crippen LogP contribution < -0.4 is 10.5 Å². The summed E-state index contributed by atoms with van der Waals surface area (Å²) in [7, 11) is 0. The van der Waals surface area contributed by atoms with Gasteiger partial charge in [0.05, 0.1) is 18.2 Å². The molecule has 72 valence electrons. The second kappa shape index (κ2) is 3.32. The highest BCUT2D eigenvalue weighted by atomic mass is 16.5. The number of benzene rings is 1. The van der Waals surface area contributed by atoms with E-state index in [-0.39, 0.29) is 6.04 Å². The molecule has 0 spiro atoms. The summed E-state index contributed by atoms with van der Waals surface area (Å²) in [4.78, 5) is 0. The van der Waals surface area contributed by atoms with Crippen LogP contribution in [0, 0.1) is 18.3 Å². The maximum absolute atomic E-state index is 9.03. The van der Waals surface area contributed by atoms with Crippen molar-refractivity contribution in [2.24, 2.45) is 5.73 Å². The molecule has 0 bridgehead atoms. The lowest BCUT2D eigenvalue weighted by Gasteiger charge is -2.24. The third-order valence-corrected chi connectivity index (χ3v) is 2.58. The lowest BCUT2D eigenvalue weighted by Crippen LogP contribution is -2.22. The van der Waals surface area contributed by atoms with E-state index < -0.39 is 0 Å². The molecule has 14 heavy (non-hydrogen) atoms. The summed E-state index contributed by atoms with van der Waals surface area (Å²) in [6.07, 6.45) is 0.783. The molecule has 3 heteroatoms. The lowest BCUT2D eigenvalue weighted by molar-refractivity contribution is 0.268. The van der Waals surface area contributed by atoms with E-state index in [0.717, 1.165) is 23.3 Å². The molecule has 1 heterocycles. The van der Waals surface area contributed by atoms with Crippen LogP contribution in [-0.4, -0.2) is 6.61 Å². The van der Waals surface area contributed by atoms with Gasteiger partial charge in [-0.3, -0.25) is 0 Å². The van der Waals surface area contributed by atoms with Crippen LogP contribution in [0.1, 0.15) is 29.2 Å². The molecule has 0 aliphatic carbocycles. The third-order valence-electron chi connectivity index (χ3n) is 2.58. The molecule has 0 saturated carbocycles. The molecule has 1 aliphatic heterocycles. The van der Waals surface area contributed by atoms with Gasteiger partial charge in [0.15, 0.2) is 0 Å². The fourth-order valence-corrected chi connectivity index (χ4v) is 1.79. The first-order chi connectivity index (χ1) is 6.74. The van der Waals surface area contributed by atoms with Crippen LogP contribution in [0.2, 0.25) is 0 Å². The number of nitrogens with two attached hydrogens (primary N) is 1. The van der Waals surface area contributed by atoms with Gasteiger partial charge in [-0.25, -0.2) is 0 Å². The monoisotopic (exact) mass is 188 g/mol. The number of rotatable bonds is 0. The highest BCUT2D eigenvalue weighted by Gasteiger charge is 2.22. The van der Waals surface area contributed by atoms with E-state index in [4.69, 9.17) is 15.7 Å². The van der Waals surface area contributed by atoms with Gasteiger partial charge in [-0.1, -0.05) is 6.07 Å². The number of fused-ring (bicyclic) bond motifs is 1. The van der Waals surface area contributed by atoms with Gasteiger partial charge in [0.2, 0.25) is 0 Å². The molecule has 0 fully saturated rings. The minimum Gasteiger partial charge on any atom is -0.493 e. The number of aryl methyl sites for hydroxylation is 1. The zero-order chi connectivity index (χ0) is 10.1. The lowest BCUT2D eigenvalue weighted by atomic mass is 9.93. The Bertz CT molecular complexity index is 406. The highest BCUT2D eigenvalue weighted by Crippen LogP contribution is 2.34. The van der Waals surface area contributed by atoms with Crippen molar-refractivity contribution in [2.75, 3.05) is 6.61 Å². The molecular weight excluding hydrogens is 176 g/mol. The van der Waals surface area contributed by atoms with E-state index in [1.54, 1.807) is 0 Å². The Morgan fingerprint density at radius 1 is 1.57 bits per heavy atom. The first-order valence-electron chi connectivity index (χ1n) is 4.66. The van der Waals surface area contributed by atoms with Crippen LogP contribution in [-0.2, 0) is 0 Å². The van der Waals surface area contributed by atoms with Crippen LogP contribution in [0.3, 0.4) is 0 Å². The van der Waals surface area contributed by atoms with Crippen molar-refractivity contribution in [3.05, 3.63) is 28.8 Å². The molecule has 0 unspecified atom stereocenters. The maximum atomic E-state index is 9.03. The van der Waals surface area contributed by atoms with Crippen LogP contribution in [0.4, 0.5) is 0 Å². The van der Waals surface area contributed by atoms with Crippen molar-refractivity contribution in [3.8, 4) is 11.8 Å². The predicted octanol–water partition coefficient (Wildman–Crippen LogP) is 1.65. The molecular formula is C11H12N2O. The number of nitrogens with zero attached hydrogens (tertiary/aromatic N) is 1. The average Bonchev–Trinajstić information content (AvgIpc) is 2.19. The molecule has 0 saturated heterocycles. The number of nitriles is 1. The molecule has 0 radical (unpaired) electrons. The second-order valence-electron chi connectivity index (χ2n) is 3.52. The summed E-state index contributed by atoms with van der Waals surface area (Å²) in [6.45, 7) is 2.56. The number of ether oxygens (including phenoxy) is 1. The van der Waals surface area contributed by atoms with Crippen LogP contribution >= 0.6 is 0 Å². The van der Waals surface area contributed by atoms with Gasteiger partial charge in [-0.15, -0.1) is 0 Å². The van der Waals surface area contributed by atoms with Crippen LogP contribution in [0.5, 0.6) is 5.75 Å². The topological polar surface area (TPSA) is 59.0 Å². The molecule has 3 nitrogen and oxygen atoms in total. The summed E-state index contributed by atoms with van der Waals surface area (Å²) in [5.74, 6) is 0.769. The minimum atomic E-state index is -0.0618. The van der Waals surface area contributed by atoms with Crippen molar-refractivity contribution in [1.29, 1.82) is 5.26 Å². The fraction of sp³-hybridized carbons (Fsp3) is 0.364. The zero-order valence-corrected chi connectivity index (χ0v) is 8.08. The van der Waals surface area contributed by atoms with E-state index in [0.29, 0.717) is 12.2 Å². The normalized spacial score (nSPS) is 19.4. The largest absolute Gasteiger partial charge is 0.493 e. The van der Waals surface area contributed by atoms with Crippen molar-refractivity contribution < 1.29 is 4.74 Å². The molecule has 1 aliphatic rings. The Balaban J connectivity index is 2.65. The maximum Gasteiger partial charge on any atom is 0.125 e. The zero-order valence-electron chi connectivity index (χ0n) is 8.08. The molecule has 0 amide bonds. The third kappa shape index (κ3) is 1.24. The molecule has 1 aromatic carbocycles. The van der Waals surface area contributed by atoms with Crippen molar-refractivity contribution in [3.63, 3.8) is 0 Å². The van der Waals surface area contributed by atoms with Gasteiger partial charge in [-0.05, 0) is 18.6 Å². The second-order valence-corrected chi connectivity index (χ2v) is 3.52. The fourth-order valence-electron chi connectivity index (χ4n) is 1.79. The highest BCUT2D eigenvalue weighted by molar-refractivity contribution is 5.53. The van der Waals surface area contributed by atoms with E-state index in [9.17, 15) is 0 Å². The quantitative estimate of drug-likeness (QED) is 0.673. The van der Waals surface area contributed by atoms with E-state index >= 15 is 0 Å². The summed E-state index contributed by atoms with van der Waals surface area (Å²) < 4.78 is 5.46. The first-order valence-corrected chi connectivity index (χ1v) is 4.66. The summed E-state index contributed by atoms with van der Waals surface area (Å²) in [5.41, 5.74) is 8.48. The van der Waals surface area contributed by atoms with Gasteiger partial charge >= 0.3 is 0 Å². The van der Waals surface area contributed by atoms with Gasteiger partial charge in [0.1, 0.15) is 5.75 Å². The average molecular weight is 188 g/mol. The smallest absolute Gasteiger partial charge is 0.125 e. The summed E-state index contributed by atoms with van der Waals surface area (Å²) >= 11 is 0. The van der Waals surface area contributed by atoms with Gasteiger partial charge in [0, 0.05) is 18.0 Å². The van der Waals surface area contributed by atoms with Crippen LogP contribution in [0.25, 0.3) is 0 Å². The molecule has 1 aromatic rings. The number of hydrogen-bond acceptors (Lipinski definition) is 3.